The minimum absolute atomic E-state index is 0.269. The first-order chi connectivity index (χ1) is 11.6. The predicted molar refractivity (Wildman–Crippen MR) is 94.3 cm³/mol. The molecule has 6 nitrogen and oxygen atoms in total. The summed E-state index contributed by atoms with van der Waals surface area (Å²) in [5, 5.41) is 3.45. The molecular formula is C17H21N3O3S. The van der Waals surface area contributed by atoms with Gasteiger partial charge in [-0.3, -0.25) is 9.20 Å². The predicted octanol–water partition coefficient (Wildman–Crippen LogP) is 2.68. The number of aromatic nitrogens is 2. The maximum Gasteiger partial charge on any atom is 0.328 e. The SMILES string of the molecule is CC=CCC(NC(=O)c1nc(SC)n2ccccc12)C(=O)OCC. The van der Waals surface area contributed by atoms with Crippen molar-refractivity contribution in [2.45, 2.75) is 31.5 Å². The molecule has 0 saturated heterocycles. The lowest BCUT2D eigenvalue weighted by Crippen LogP contribution is -2.41. The average Bonchev–Trinajstić information content (AvgIpc) is 2.97. The lowest BCUT2D eigenvalue weighted by molar-refractivity contribution is -0.145. The molecule has 0 spiro atoms. The van der Waals surface area contributed by atoms with Crippen LogP contribution >= 0.6 is 11.8 Å². The molecule has 0 fully saturated rings. The largest absolute Gasteiger partial charge is 0.464 e. The smallest absolute Gasteiger partial charge is 0.328 e. The average molecular weight is 347 g/mol. The monoisotopic (exact) mass is 347 g/mol. The summed E-state index contributed by atoms with van der Waals surface area (Å²) in [6, 6.07) is 4.82. The highest BCUT2D eigenvalue weighted by atomic mass is 32.2. The van der Waals surface area contributed by atoms with Crippen LogP contribution in [0.15, 0.2) is 41.7 Å². The number of thioether (sulfide) groups is 1. The van der Waals surface area contributed by atoms with Crippen LogP contribution in [-0.4, -0.2) is 40.2 Å². The van der Waals surface area contributed by atoms with Crippen molar-refractivity contribution in [1.82, 2.24) is 14.7 Å². The Kier molecular flexibility index (Phi) is 6.43. The molecule has 2 aromatic heterocycles. The van der Waals surface area contributed by atoms with Crippen LogP contribution in [-0.2, 0) is 9.53 Å². The first-order valence-electron chi connectivity index (χ1n) is 7.72. The highest BCUT2D eigenvalue weighted by Crippen LogP contribution is 2.20. The van der Waals surface area contributed by atoms with Gasteiger partial charge in [0, 0.05) is 6.20 Å². The van der Waals surface area contributed by atoms with Gasteiger partial charge in [-0.05, 0) is 38.7 Å². The third-order valence-electron chi connectivity index (χ3n) is 3.40. The zero-order chi connectivity index (χ0) is 17.5. The summed E-state index contributed by atoms with van der Waals surface area (Å²) >= 11 is 1.45. The van der Waals surface area contributed by atoms with E-state index in [9.17, 15) is 9.59 Å². The van der Waals surface area contributed by atoms with Gasteiger partial charge >= 0.3 is 5.97 Å². The van der Waals surface area contributed by atoms with Crippen molar-refractivity contribution in [2.75, 3.05) is 12.9 Å². The normalized spacial score (nSPS) is 12.5. The number of rotatable bonds is 7. The molecule has 0 bridgehead atoms. The van der Waals surface area contributed by atoms with E-state index in [4.69, 9.17) is 4.74 Å². The second-order valence-corrected chi connectivity index (χ2v) is 5.76. The lowest BCUT2D eigenvalue weighted by atomic mass is 10.2. The third-order valence-corrected chi connectivity index (χ3v) is 4.05. The van der Waals surface area contributed by atoms with E-state index in [2.05, 4.69) is 10.3 Å². The van der Waals surface area contributed by atoms with E-state index in [1.807, 2.05) is 54.1 Å². The minimum Gasteiger partial charge on any atom is -0.464 e. The summed E-state index contributed by atoms with van der Waals surface area (Å²) < 4.78 is 6.89. The van der Waals surface area contributed by atoms with Gasteiger partial charge in [-0.2, -0.15) is 0 Å². The number of hydrogen-bond acceptors (Lipinski definition) is 5. The zero-order valence-electron chi connectivity index (χ0n) is 14.0. The van der Waals surface area contributed by atoms with Gasteiger partial charge in [-0.1, -0.05) is 30.0 Å². The summed E-state index contributed by atoms with van der Waals surface area (Å²) in [6.45, 7) is 3.86. The Morgan fingerprint density at radius 3 is 2.92 bits per heavy atom. The Morgan fingerprint density at radius 1 is 1.46 bits per heavy atom. The Morgan fingerprint density at radius 2 is 2.25 bits per heavy atom. The third kappa shape index (κ3) is 3.97. The highest BCUT2D eigenvalue weighted by molar-refractivity contribution is 7.98. The number of hydrogen-bond donors (Lipinski definition) is 1. The summed E-state index contributed by atoms with van der Waals surface area (Å²) in [5.74, 6) is -0.834. The molecule has 1 N–H and O–H groups in total. The molecule has 7 heteroatoms. The quantitative estimate of drug-likeness (QED) is 0.474. The van der Waals surface area contributed by atoms with Crippen LogP contribution in [0.25, 0.3) is 5.52 Å². The number of nitrogens with zero attached hydrogens (tertiary/aromatic N) is 2. The maximum atomic E-state index is 12.6. The number of allylic oxidation sites excluding steroid dienone is 1. The van der Waals surface area contributed by atoms with E-state index >= 15 is 0 Å². The van der Waals surface area contributed by atoms with E-state index in [1.54, 1.807) is 6.92 Å². The Hall–Kier alpha value is -2.28. The van der Waals surface area contributed by atoms with Crippen molar-refractivity contribution in [3.63, 3.8) is 0 Å². The number of esters is 1. The van der Waals surface area contributed by atoms with E-state index in [-0.39, 0.29) is 12.5 Å². The van der Waals surface area contributed by atoms with Crippen molar-refractivity contribution in [3.8, 4) is 0 Å². The van der Waals surface area contributed by atoms with Crippen molar-refractivity contribution in [1.29, 1.82) is 0 Å². The van der Waals surface area contributed by atoms with Crippen LogP contribution in [0.4, 0.5) is 0 Å². The van der Waals surface area contributed by atoms with Crippen LogP contribution in [0.2, 0.25) is 0 Å². The number of nitrogens with one attached hydrogen (secondary N) is 1. The number of amides is 1. The molecule has 24 heavy (non-hydrogen) atoms. The van der Waals surface area contributed by atoms with Gasteiger partial charge in [-0.15, -0.1) is 0 Å². The molecular weight excluding hydrogens is 326 g/mol. The van der Waals surface area contributed by atoms with Crippen molar-refractivity contribution < 1.29 is 14.3 Å². The molecule has 0 radical (unpaired) electrons. The van der Waals surface area contributed by atoms with Crippen LogP contribution in [0, 0.1) is 0 Å². The molecule has 1 amide bonds. The van der Waals surface area contributed by atoms with Gasteiger partial charge in [-0.25, -0.2) is 9.78 Å². The Labute approximate surface area is 145 Å². The van der Waals surface area contributed by atoms with Gasteiger partial charge < -0.3 is 10.1 Å². The lowest BCUT2D eigenvalue weighted by Gasteiger charge is -2.15. The summed E-state index contributed by atoms with van der Waals surface area (Å²) in [5.41, 5.74) is 1.00. The molecule has 2 rings (SSSR count). The number of carbonyl (C=O) groups is 2. The minimum atomic E-state index is -0.730. The molecule has 1 unspecified atom stereocenters. The Balaban J connectivity index is 2.28. The van der Waals surface area contributed by atoms with E-state index in [0.29, 0.717) is 17.6 Å². The number of pyridine rings is 1. The molecule has 0 aliphatic rings. The van der Waals surface area contributed by atoms with E-state index in [1.165, 1.54) is 11.8 Å². The van der Waals surface area contributed by atoms with Crippen LogP contribution in [0.5, 0.6) is 0 Å². The molecule has 0 saturated carbocycles. The van der Waals surface area contributed by atoms with E-state index in [0.717, 1.165) is 5.16 Å². The standard InChI is InChI=1S/C17H21N3O3S/c1-4-6-9-12(16(22)23-5-2)18-15(21)14-13-10-7-8-11-20(13)17(19-14)24-3/h4,6-8,10-12H,5,9H2,1-3H3,(H,18,21). The fourth-order valence-corrected chi connectivity index (χ4v) is 2.81. The van der Waals surface area contributed by atoms with Gasteiger partial charge in [0.25, 0.3) is 5.91 Å². The van der Waals surface area contributed by atoms with Gasteiger partial charge in [0.15, 0.2) is 10.9 Å². The van der Waals surface area contributed by atoms with Crippen molar-refractivity contribution >= 4 is 29.2 Å². The second kappa shape index (κ2) is 8.54. The highest BCUT2D eigenvalue weighted by Gasteiger charge is 2.24. The van der Waals surface area contributed by atoms with Crippen LogP contribution in [0.1, 0.15) is 30.8 Å². The molecule has 0 aliphatic carbocycles. The van der Waals surface area contributed by atoms with Crippen molar-refractivity contribution in [3.05, 3.63) is 42.2 Å². The molecule has 0 aliphatic heterocycles. The number of carbonyl (C=O) groups excluding carboxylic acids is 2. The van der Waals surface area contributed by atoms with Crippen molar-refractivity contribution in [2.24, 2.45) is 0 Å². The topological polar surface area (TPSA) is 72.7 Å². The number of imidazole rings is 1. The summed E-state index contributed by atoms with van der Waals surface area (Å²) in [6.07, 6.45) is 7.78. The first-order valence-corrected chi connectivity index (χ1v) is 8.94. The molecule has 2 aromatic rings. The maximum absolute atomic E-state index is 12.6. The Bertz CT molecular complexity index is 755. The van der Waals surface area contributed by atoms with Crippen LogP contribution in [0.3, 0.4) is 0 Å². The van der Waals surface area contributed by atoms with Gasteiger partial charge in [0.05, 0.1) is 12.1 Å². The second-order valence-electron chi connectivity index (χ2n) is 4.99. The molecule has 128 valence electrons. The van der Waals surface area contributed by atoms with Gasteiger partial charge in [0.2, 0.25) is 0 Å². The molecule has 0 aromatic carbocycles. The first kappa shape index (κ1) is 18.1. The fourth-order valence-electron chi connectivity index (χ4n) is 2.28. The molecule has 2 heterocycles. The van der Waals surface area contributed by atoms with Gasteiger partial charge in [0.1, 0.15) is 6.04 Å². The zero-order valence-corrected chi connectivity index (χ0v) is 14.8. The number of fused-ring (bicyclic) bond motifs is 1. The summed E-state index contributed by atoms with van der Waals surface area (Å²) in [4.78, 5) is 29.1. The van der Waals surface area contributed by atoms with Crippen LogP contribution < -0.4 is 5.32 Å². The van der Waals surface area contributed by atoms with E-state index < -0.39 is 12.0 Å². The number of ether oxygens (including phenoxy) is 1. The fraction of sp³-hybridized carbons (Fsp3) is 0.353. The molecule has 1 atom stereocenters. The summed E-state index contributed by atoms with van der Waals surface area (Å²) in [7, 11) is 0.